The van der Waals surface area contributed by atoms with E-state index in [1.807, 2.05) is 50.2 Å². The van der Waals surface area contributed by atoms with Crippen molar-refractivity contribution in [1.29, 1.82) is 0 Å². The van der Waals surface area contributed by atoms with Gasteiger partial charge in [-0.15, -0.1) is 0 Å². The van der Waals surface area contributed by atoms with Crippen LogP contribution in [0.2, 0.25) is 0 Å². The van der Waals surface area contributed by atoms with E-state index in [9.17, 15) is 14.4 Å². The molecule has 150 valence electrons. The fourth-order valence-electron chi connectivity index (χ4n) is 2.65. The molecule has 2 aromatic carbocycles. The zero-order valence-electron chi connectivity index (χ0n) is 16.3. The van der Waals surface area contributed by atoms with Gasteiger partial charge in [-0.05, 0) is 49.4 Å². The standard InChI is InChI=1S/C22H22N2O4S/c1-15-3-7-17(8-4-15)13-19-21(26)24(22(27)29-19)12-11-23-20(25)14-28-18-9-5-16(2)6-10-18/h3-10,13H,11-12,14H2,1-2H3,(H,23,25). The molecule has 0 saturated carbocycles. The number of thioether (sulfide) groups is 1. The Morgan fingerprint density at radius 3 is 2.31 bits per heavy atom. The van der Waals surface area contributed by atoms with Crippen molar-refractivity contribution in [2.45, 2.75) is 13.8 Å². The molecule has 0 bridgehead atoms. The maximum absolute atomic E-state index is 12.5. The first kappa shape index (κ1) is 20.7. The molecule has 1 aliphatic heterocycles. The first-order valence-electron chi connectivity index (χ1n) is 9.20. The van der Waals surface area contributed by atoms with Gasteiger partial charge in [0.2, 0.25) is 0 Å². The summed E-state index contributed by atoms with van der Waals surface area (Å²) < 4.78 is 5.41. The number of nitrogens with zero attached hydrogens (tertiary/aromatic N) is 1. The molecule has 1 aliphatic rings. The number of amides is 3. The SMILES string of the molecule is Cc1ccc(C=C2SC(=O)N(CCNC(=O)COc3ccc(C)cc3)C2=O)cc1. The lowest BCUT2D eigenvalue weighted by Crippen LogP contribution is -2.38. The van der Waals surface area contributed by atoms with Crippen LogP contribution in [0.3, 0.4) is 0 Å². The Morgan fingerprint density at radius 2 is 1.66 bits per heavy atom. The lowest BCUT2D eigenvalue weighted by molar-refractivity contribution is -0.125. The highest BCUT2D eigenvalue weighted by molar-refractivity contribution is 8.18. The van der Waals surface area contributed by atoms with Crippen molar-refractivity contribution < 1.29 is 19.1 Å². The number of rotatable bonds is 7. The average molecular weight is 410 g/mol. The molecule has 3 amide bonds. The van der Waals surface area contributed by atoms with Crippen LogP contribution < -0.4 is 10.1 Å². The summed E-state index contributed by atoms with van der Waals surface area (Å²) in [4.78, 5) is 38.1. The molecule has 0 spiro atoms. The molecule has 1 saturated heterocycles. The third kappa shape index (κ3) is 5.71. The third-order valence-corrected chi connectivity index (χ3v) is 5.20. The lowest BCUT2D eigenvalue weighted by Gasteiger charge is -2.13. The molecule has 6 nitrogen and oxygen atoms in total. The highest BCUT2D eigenvalue weighted by atomic mass is 32.2. The number of nitrogens with one attached hydrogen (secondary N) is 1. The van der Waals surface area contributed by atoms with Crippen LogP contribution in [0.4, 0.5) is 4.79 Å². The van der Waals surface area contributed by atoms with Gasteiger partial charge in [0.15, 0.2) is 6.61 Å². The summed E-state index contributed by atoms with van der Waals surface area (Å²) in [5.74, 6) is -0.0450. The Balaban J connectivity index is 1.47. The van der Waals surface area contributed by atoms with Crippen LogP contribution >= 0.6 is 11.8 Å². The number of imide groups is 1. The van der Waals surface area contributed by atoms with E-state index in [0.29, 0.717) is 10.7 Å². The normalized spacial score (nSPS) is 15.1. The number of aryl methyl sites for hydroxylation is 2. The van der Waals surface area contributed by atoms with E-state index >= 15 is 0 Å². The van der Waals surface area contributed by atoms with Crippen LogP contribution in [0, 0.1) is 13.8 Å². The summed E-state index contributed by atoms with van der Waals surface area (Å²) in [5.41, 5.74) is 3.09. The van der Waals surface area contributed by atoms with Gasteiger partial charge >= 0.3 is 0 Å². The van der Waals surface area contributed by atoms with Crippen LogP contribution in [0.1, 0.15) is 16.7 Å². The smallest absolute Gasteiger partial charge is 0.293 e. The van der Waals surface area contributed by atoms with Gasteiger partial charge < -0.3 is 10.1 Å². The minimum absolute atomic E-state index is 0.117. The number of hydrogen-bond donors (Lipinski definition) is 1. The molecule has 0 aliphatic carbocycles. The number of carbonyl (C=O) groups is 3. The van der Waals surface area contributed by atoms with Gasteiger partial charge in [-0.2, -0.15) is 0 Å². The quantitative estimate of drug-likeness (QED) is 0.707. The van der Waals surface area contributed by atoms with Crippen molar-refractivity contribution in [3.05, 3.63) is 70.1 Å². The summed E-state index contributed by atoms with van der Waals surface area (Å²) in [6.45, 7) is 4.12. The molecule has 1 fully saturated rings. The van der Waals surface area contributed by atoms with E-state index in [2.05, 4.69) is 5.32 Å². The zero-order chi connectivity index (χ0) is 20.8. The monoisotopic (exact) mass is 410 g/mol. The average Bonchev–Trinajstić information content (AvgIpc) is 2.96. The summed E-state index contributed by atoms with van der Waals surface area (Å²) in [6.07, 6.45) is 1.71. The predicted octanol–water partition coefficient (Wildman–Crippen LogP) is 3.53. The van der Waals surface area contributed by atoms with Crippen LogP contribution in [0.15, 0.2) is 53.4 Å². The maximum atomic E-state index is 12.5. The second kappa shape index (κ2) is 9.43. The van der Waals surface area contributed by atoms with Gasteiger partial charge in [0, 0.05) is 13.1 Å². The fraction of sp³-hybridized carbons (Fsp3) is 0.227. The van der Waals surface area contributed by atoms with Crippen molar-refractivity contribution in [2.75, 3.05) is 19.7 Å². The van der Waals surface area contributed by atoms with Crippen LogP contribution in [-0.2, 0) is 9.59 Å². The summed E-state index contributed by atoms with van der Waals surface area (Å²) >= 11 is 0.909. The molecule has 0 atom stereocenters. The van der Waals surface area contributed by atoms with E-state index in [1.54, 1.807) is 18.2 Å². The van der Waals surface area contributed by atoms with Gasteiger partial charge in [-0.1, -0.05) is 47.5 Å². The van der Waals surface area contributed by atoms with Crippen LogP contribution in [0.25, 0.3) is 6.08 Å². The zero-order valence-corrected chi connectivity index (χ0v) is 17.1. The largest absolute Gasteiger partial charge is 0.484 e. The molecular weight excluding hydrogens is 388 g/mol. The van der Waals surface area contributed by atoms with E-state index in [0.717, 1.165) is 33.4 Å². The highest BCUT2D eigenvalue weighted by Gasteiger charge is 2.34. The molecule has 2 aromatic rings. The molecule has 0 radical (unpaired) electrons. The summed E-state index contributed by atoms with van der Waals surface area (Å²) in [6, 6.07) is 15.1. The van der Waals surface area contributed by atoms with Crippen LogP contribution in [0.5, 0.6) is 5.75 Å². The van der Waals surface area contributed by atoms with E-state index in [1.165, 1.54) is 0 Å². The van der Waals surface area contributed by atoms with E-state index in [-0.39, 0.29) is 36.7 Å². The van der Waals surface area contributed by atoms with E-state index < -0.39 is 0 Å². The van der Waals surface area contributed by atoms with Crippen molar-refractivity contribution in [3.8, 4) is 5.75 Å². The minimum Gasteiger partial charge on any atom is -0.484 e. The maximum Gasteiger partial charge on any atom is 0.293 e. The highest BCUT2D eigenvalue weighted by Crippen LogP contribution is 2.31. The third-order valence-electron chi connectivity index (χ3n) is 4.30. The first-order valence-corrected chi connectivity index (χ1v) is 10.0. The number of ether oxygens (including phenoxy) is 1. The molecule has 0 unspecified atom stereocenters. The number of carbonyl (C=O) groups excluding carboxylic acids is 3. The van der Waals surface area contributed by atoms with Gasteiger partial charge in [-0.25, -0.2) is 0 Å². The number of benzene rings is 2. The minimum atomic E-state index is -0.342. The topological polar surface area (TPSA) is 75.7 Å². The Morgan fingerprint density at radius 1 is 1.03 bits per heavy atom. The van der Waals surface area contributed by atoms with Gasteiger partial charge in [-0.3, -0.25) is 19.3 Å². The van der Waals surface area contributed by atoms with Crippen molar-refractivity contribution in [1.82, 2.24) is 10.2 Å². The molecule has 1 heterocycles. The predicted molar refractivity (Wildman–Crippen MR) is 114 cm³/mol. The van der Waals surface area contributed by atoms with E-state index in [4.69, 9.17) is 4.74 Å². The Kier molecular flexibility index (Phi) is 6.72. The van der Waals surface area contributed by atoms with Gasteiger partial charge in [0.1, 0.15) is 5.75 Å². The first-order chi connectivity index (χ1) is 13.9. The molecule has 1 N–H and O–H groups in total. The summed E-state index contributed by atoms with van der Waals surface area (Å²) in [7, 11) is 0. The molecule has 0 aromatic heterocycles. The molecular formula is C22H22N2O4S. The van der Waals surface area contributed by atoms with Crippen molar-refractivity contribution in [3.63, 3.8) is 0 Å². The fourth-order valence-corrected chi connectivity index (χ4v) is 3.51. The Bertz CT molecular complexity index is 936. The second-order valence-corrected chi connectivity index (χ2v) is 7.69. The van der Waals surface area contributed by atoms with Crippen molar-refractivity contribution >= 4 is 34.9 Å². The Hall–Kier alpha value is -3.06. The van der Waals surface area contributed by atoms with Crippen molar-refractivity contribution in [2.24, 2.45) is 0 Å². The molecule has 29 heavy (non-hydrogen) atoms. The second-order valence-electron chi connectivity index (χ2n) is 6.70. The van der Waals surface area contributed by atoms with Crippen LogP contribution in [-0.4, -0.2) is 41.6 Å². The lowest BCUT2D eigenvalue weighted by atomic mass is 10.1. The van der Waals surface area contributed by atoms with Gasteiger partial charge in [0.25, 0.3) is 17.1 Å². The summed E-state index contributed by atoms with van der Waals surface area (Å²) in [5, 5.41) is 2.33. The molecule has 7 heteroatoms. The number of hydrogen-bond acceptors (Lipinski definition) is 5. The van der Waals surface area contributed by atoms with Gasteiger partial charge in [0.05, 0.1) is 4.91 Å². The Labute approximate surface area is 173 Å². The molecule has 3 rings (SSSR count).